The summed E-state index contributed by atoms with van der Waals surface area (Å²) in [5.41, 5.74) is 13.1. The van der Waals surface area contributed by atoms with E-state index >= 15 is 0 Å². The molecule has 11 nitrogen and oxygen atoms in total. The predicted molar refractivity (Wildman–Crippen MR) is 164 cm³/mol. The quantitative estimate of drug-likeness (QED) is 0.226. The number of likely N-dealkylation sites (tertiary alicyclic amines) is 1. The Balaban J connectivity index is 1.50. The molecule has 1 aromatic heterocycles. The average molecular weight is 581 g/mol. The normalized spacial score (nSPS) is 15.9. The lowest BCUT2D eigenvalue weighted by molar-refractivity contribution is 0.241. The molecule has 2 aliphatic rings. The van der Waals surface area contributed by atoms with E-state index in [1.54, 1.807) is 38.1 Å². The molecule has 0 radical (unpaired) electrons. The maximum atomic E-state index is 13.1. The molecule has 1 fully saturated rings. The number of benzene rings is 2. The molecule has 2 aromatic carbocycles. The molecule has 0 unspecified atom stereocenters. The van der Waals surface area contributed by atoms with Crippen LogP contribution in [0.3, 0.4) is 0 Å². The molecule has 0 amide bonds. The van der Waals surface area contributed by atoms with Gasteiger partial charge in [0.05, 0.1) is 27.6 Å². The van der Waals surface area contributed by atoms with Gasteiger partial charge in [0.25, 0.3) is 0 Å². The van der Waals surface area contributed by atoms with Crippen molar-refractivity contribution in [1.29, 1.82) is 0 Å². The van der Waals surface area contributed by atoms with Gasteiger partial charge in [0.2, 0.25) is 5.95 Å². The Morgan fingerprint density at radius 3 is 2.44 bits per heavy atom. The van der Waals surface area contributed by atoms with Crippen LogP contribution in [0.1, 0.15) is 57.6 Å². The number of nitrogens with one attached hydrogen (secondary N) is 5. The van der Waals surface area contributed by atoms with Gasteiger partial charge in [0.1, 0.15) is 11.4 Å². The molecular formula is C29H40N8O3S. The number of hydrazine groups is 2. The summed E-state index contributed by atoms with van der Waals surface area (Å²) in [5.74, 6) is 2.49. The van der Waals surface area contributed by atoms with Crippen LogP contribution in [0.4, 0.5) is 34.6 Å². The molecule has 12 heteroatoms. The first-order valence-corrected chi connectivity index (χ1v) is 15.6. The van der Waals surface area contributed by atoms with Gasteiger partial charge in [0.15, 0.2) is 21.5 Å². The van der Waals surface area contributed by atoms with Crippen LogP contribution in [0.2, 0.25) is 0 Å². The summed E-state index contributed by atoms with van der Waals surface area (Å²) < 4.78 is 32.4. The molecule has 0 spiro atoms. The van der Waals surface area contributed by atoms with Crippen molar-refractivity contribution in [2.45, 2.75) is 69.6 Å². The van der Waals surface area contributed by atoms with E-state index in [2.05, 4.69) is 63.0 Å². The van der Waals surface area contributed by atoms with Crippen LogP contribution in [0.25, 0.3) is 0 Å². The van der Waals surface area contributed by atoms with Gasteiger partial charge >= 0.3 is 0 Å². The molecular weight excluding hydrogens is 540 g/mol. The minimum Gasteiger partial charge on any atom is -0.489 e. The third kappa shape index (κ3) is 6.19. The summed E-state index contributed by atoms with van der Waals surface area (Å²) >= 11 is 0. The van der Waals surface area contributed by atoms with Crippen molar-refractivity contribution in [1.82, 2.24) is 20.4 Å². The predicted octanol–water partition coefficient (Wildman–Crippen LogP) is 5.31. The van der Waals surface area contributed by atoms with Crippen LogP contribution in [0.5, 0.6) is 5.75 Å². The molecule has 0 aliphatic carbocycles. The smallest absolute Gasteiger partial charge is 0.231 e. The molecule has 41 heavy (non-hydrogen) atoms. The van der Waals surface area contributed by atoms with Gasteiger partial charge < -0.3 is 20.3 Å². The summed E-state index contributed by atoms with van der Waals surface area (Å²) in [6, 6.07) is 11.1. The Morgan fingerprint density at radius 2 is 1.73 bits per heavy atom. The largest absolute Gasteiger partial charge is 0.489 e. The number of hydrogen-bond donors (Lipinski definition) is 5. The fourth-order valence-corrected chi connectivity index (χ4v) is 6.40. The van der Waals surface area contributed by atoms with E-state index in [0.29, 0.717) is 34.9 Å². The van der Waals surface area contributed by atoms with Gasteiger partial charge in [-0.25, -0.2) is 8.42 Å². The highest BCUT2D eigenvalue weighted by molar-refractivity contribution is 7.92. The Kier molecular flexibility index (Phi) is 8.25. The van der Waals surface area contributed by atoms with Crippen molar-refractivity contribution < 1.29 is 13.2 Å². The minimum atomic E-state index is -3.53. The van der Waals surface area contributed by atoms with Gasteiger partial charge in [-0.2, -0.15) is 9.97 Å². The second kappa shape index (κ2) is 11.7. The molecule has 3 heterocycles. The Hall–Kier alpha value is -3.61. The number of anilines is 6. The first kappa shape index (κ1) is 28.9. The standard InChI is InChI=1S/C29H40N8O3S/c1-17(2)40-24-16-21(20-11-13-37(6)14-12-20)19(5)15-23(24)31-29-32-27(26-28(33-29)35-36-34-26)30-22-9-7-8-10-25(22)41(38,39)18(3)4/h7-10,15-18,20,34,36H,11-14H2,1-6H3,(H3,30,31,32,33,35). The van der Waals surface area contributed by atoms with Crippen LogP contribution in [-0.2, 0) is 9.84 Å². The SMILES string of the molecule is Cc1cc(Nc2nc3c(c(Nc4ccccc4S(=O)(=O)C(C)C)n2)NNN3)c(OC(C)C)cc1C1CCN(C)CC1. The number of hydrogen-bond acceptors (Lipinski definition) is 11. The number of fused-ring (bicyclic) bond motifs is 1. The van der Waals surface area contributed by atoms with E-state index in [9.17, 15) is 8.42 Å². The topological polar surface area (TPSA) is 133 Å². The zero-order chi connectivity index (χ0) is 29.3. The van der Waals surface area contributed by atoms with Crippen molar-refractivity contribution >= 4 is 44.5 Å². The number of piperidine rings is 1. The highest BCUT2D eigenvalue weighted by Crippen LogP contribution is 2.40. The summed E-state index contributed by atoms with van der Waals surface area (Å²) in [6.45, 7) is 11.7. The number of rotatable bonds is 9. The molecule has 0 bridgehead atoms. The third-order valence-electron chi connectivity index (χ3n) is 7.48. The van der Waals surface area contributed by atoms with Crippen LogP contribution in [0.15, 0.2) is 41.3 Å². The number of para-hydroxylation sites is 1. The van der Waals surface area contributed by atoms with E-state index in [4.69, 9.17) is 9.72 Å². The lowest BCUT2D eigenvalue weighted by Gasteiger charge is -2.30. The lowest BCUT2D eigenvalue weighted by Crippen LogP contribution is -2.29. The molecule has 1 saturated heterocycles. The van der Waals surface area contributed by atoms with Crippen molar-refractivity contribution in [3.63, 3.8) is 0 Å². The number of aromatic nitrogens is 2. The van der Waals surface area contributed by atoms with E-state index in [-0.39, 0.29) is 11.0 Å². The molecule has 5 N–H and O–H groups in total. The molecule has 220 valence electrons. The second-order valence-corrected chi connectivity index (χ2v) is 13.8. The lowest BCUT2D eigenvalue weighted by atomic mass is 9.86. The number of sulfone groups is 1. The van der Waals surface area contributed by atoms with E-state index in [0.717, 1.165) is 37.4 Å². The van der Waals surface area contributed by atoms with Crippen molar-refractivity contribution in [2.24, 2.45) is 0 Å². The molecule has 5 rings (SSSR count). The Bertz CT molecular complexity index is 1520. The third-order valence-corrected chi connectivity index (χ3v) is 9.69. The molecule has 0 saturated carbocycles. The first-order valence-electron chi connectivity index (χ1n) is 14.1. The van der Waals surface area contributed by atoms with E-state index in [1.807, 2.05) is 13.8 Å². The van der Waals surface area contributed by atoms with Gasteiger partial charge in [-0.1, -0.05) is 12.1 Å². The number of nitrogens with zero attached hydrogens (tertiary/aromatic N) is 3. The summed E-state index contributed by atoms with van der Waals surface area (Å²) in [5, 5.41) is 6.02. The Labute approximate surface area is 242 Å². The average Bonchev–Trinajstić information content (AvgIpc) is 3.40. The monoisotopic (exact) mass is 580 g/mol. The Morgan fingerprint density at radius 1 is 1.00 bits per heavy atom. The minimum absolute atomic E-state index is 0.0174. The maximum absolute atomic E-state index is 13.1. The van der Waals surface area contributed by atoms with Crippen molar-refractivity contribution in [3.05, 3.63) is 47.5 Å². The zero-order valence-corrected chi connectivity index (χ0v) is 25.3. The summed E-state index contributed by atoms with van der Waals surface area (Å²) in [6.07, 6.45) is 2.22. The first-order chi connectivity index (χ1) is 19.5. The van der Waals surface area contributed by atoms with E-state index < -0.39 is 15.1 Å². The maximum Gasteiger partial charge on any atom is 0.231 e. The second-order valence-electron chi connectivity index (χ2n) is 11.3. The summed E-state index contributed by atoms with van der Waals surface area (Å²) in [7, 11) is -1.36. The molecule has 2 aliphatic heterocycles. The van der Waals surface area contributed by atoms with Gasteiger partial charge in [0, 0.05) is 0 Å². The highest BCUT2D eigenvalue weighted by Gasteiger charge is 2.26. The summed E-state index contributed by atoms with van der Waals surface area (Å²) in [4.78, 5) is 12.0. The van der Waals surface area contributed by atoms with Crippen LogP contribution < -0.4 is 31.8 Å². The van der Waals surface area contributed by atoms with Gasteiger partial charge in [-0.15, -0.1) is 5.53 Å². The highest BCUT2D eigenvalue weighted by atomic mass is 32.2. The van der Waals surface area contributed by atoms with Gasteiger partial charge in [-0.05, 0) is 109 Å². The van der Waals surface area contributed by atoms with Crippen LogP contribution in [0, 0.1) is 6.92 Å². The van der Waals surface area contributed by atoms with Gasteiger partial charge in [-0.3, -0.25) is 10.9 Å². The molecule has 0 atom stereocenters. The fraction of sp³-hybridized carbons (Fsp3) is 0.448. The molecule has 3 aromatic rings. The van der Waals surface area contributed by atoms with Crippen molar-refractivity contribution in [3.8, 4) is 5.75 Å². The number of ether oxygens (including phenoxy) is 1. The zero-order valence-electron chi connectivity index (χ0n) is 24.5. The van der Waals surface area contributed by atoms with Crippen molar-refractivity contribution in [2.75, 3.05) is 41.6 Å². The van der Waals surface area contributed by atoms with E-state index in [1.165, 1.54) is 11.1 Å². The number of aryl methyl sites for hydroxylation is 1. The fourth-order valence-electron chi connectivity index (χ4n) is 5.20. The van der Waals surface area contributed by atoms with Crippen LogP contribution in [-0.4, -0.2) is 54.8 Å². The van der Waals surface area contributed by atoms with Crippen LogP contribution >= 0.6 is 0 Å².